The molecule has 0 unspecified atom stereocenters. The summed E-state index contributed by atoms with van der Waals surface area (Å²) in [6.07, 6.45) is 0. The van der Waals surface area contributed by atoms with Gasteiger partial charge in [0.2, 0.25) is 5.88 Å². The molecule has 5 heteroatoms. The number of nitrogens with zero attached hydrogens (tertiary/aromatic N) is 2. The first-order valence-corrected chi connectivity index (χ1v) is 4.15. The Morgan fingerprint density at radius 2 is 2.33 bits per heavy atom. The number of hydrogen-bond acceptors (Lipinski definition) is 3. The average molecular weight is 228 g/mol. The van der Waals surface area contributed by atoms with E-state index in [0.717, 1.165) is 9.99 Å². The largest absolute Gasteiger partial charge is 0.481 e. The van der Waals surface area contributed by atoms with Crippen molar-refractivity contribution in [2.45, 2.75) is 0 Å². The number of pyridine rings is 1. The predicted molar refractivity (Wildman–Crippen MR) is 48.1 cm³/mol. The minimum atomic E-state index is 0.571. The molecule has 0 aliphatic heterocycles. The van der Waals surface area contributed by atoms with Crippen LogP contribution >= 0.6 is 15.9 Å². The third-order valence-corrected chi connectivity index (χ3v) is 2.16. The van der Waals surface area contributed by atoms with E-state index in [1.807, 2.05) is 6.07 Å². The number of methoxy groups -OCH3 is 1. The smallest absolute Gasteiger partial charge is 0.215 e. The van der Waals surface area contributed by atoms with Gasteiger partial charge >= 0.3 is 0 Å². The fourth-order valence-corrected chi connectivity index (χ4v) is 1.36. The summed E-state index contributed by atoms with van der Waals surface area (Å²) in [5.74, 6) is 0.571. The fraction of sp³-hybridized carbons (Fsp3) is 0.143. The van der Waals surface area contributed by atoms with Crippen LogP contribution in [0.4, 0.5) is 0 Å². The van der Waals surface area contributed by atoms with Crippen LogP contribution < -0.4 is 4.74 Å². The predicted octanol–water partition coefficient (Wildman–Crippen LogP) is 1.73. The number of ether oxygens (including phenoxy) is 1. The molecule has 0 atom stereocenters. The molecule has 0 amide bonds. The molecule has 0 aliphatic rings. The van der Waals surface area contributed by atoms with Crippen molar-refractivity contribution in [1.82, 2.24) is 15.2 Å². The molecule has 0 saturated heterocycles. The van der Waals surface area contributed by atoms with Gasteiger partial charge in [0.05, 0.1) is 12.5 Å². The maximum absolute atomic E-state index is 4.95. The van der Waals surface area contributed by atoms with E-state index < -0.39 is 0 Å². The van der Waals surface area contributed by atoms with E-state index in [9.17, 15) is 0 Å². The van der Waals surface area contributed by atoms with Crippen molar-refractivity contribution in [3.63, 3.8) is 0 Å². The highest BCUT2D eigenvalue weighted by Gasteiger charge is 2.03. The van der Waals surface area contributed by atoms with Crippen LogP contribution in [0.5, 0.6) is 5.88 Å². The van der Waals surface area contributed by atoms with E-state index in [-0.39, 0.29) is 0 Å². The number of hydrogen-bond donors (Lipinski definition) is 1. The maximum Gasteiger partial charge on any atom is 0.215 e. The van der Waals surface area contributed by atoms with Gasteiger partial charge in [0.1, 0.15) is 4.60 Å². The van der Waals surface area contributed by atoms with Gasteiger partial charge in [-0.3, -0.25) is 5.10 Å². The summed E-state index contributed by atoms with van der Waals surface area (Å²) in [4.78, 5) is 4.12. The lowest BCUT2D eigenvalue weighted by atomic mass is 10.3. The third-order valence-electron chi connectivity index (χ3n) is 1.56. The Morgan fingerprint density at radius 1 is 1.50 bits per heavy atom. The van der Waals surface area contributed by atoms with Crippen LogP contribution in [0, 0.1) is 0 Å². The third kappa shape index (κ3) is 1.06. The number of H-pyrrole nitrogens is 1. The van der Waals surface area contributed by atoms with Crippen LogP contribution in [0.15, 0.2) is 16.7 Å². The molecule has 1 N–H and O–H groups in total. The minimum absolute atomic E-state index is 0.571. The SMILES string of the molecule is COc1ccc2c(Br)[nH]nc2n1. The number of aromatic nitrogens is 3. The van der Waals surface area contributed by atoms with Crippen molar-refractivity contribution in [3.05, 3.63) is 16.7 Å². The first-order chi connectivity index (χ1) is 5.81. The Balaban J connectivity index is 2.69. The highest BCUT2D eigenvalue weighted by molar-refractivity contribution is 9.10. The van der Waals surface area contributed by atoms with Gasteiger partial charge in [-0.25, -0.2) is 0 Å². The van der Waals surface area contributed by atoms with Gasteiger partial charge in [-0.15, -0.1) is 0 Å². The van der Waals surface area contributed by atoms with Crippen molar-refractivity contribution in [1.29, 1.82) is 0 Å². The summed E-state index contributed by atoms with van der Waals surface area (Å²) in [6, 6.07) is 3.69. The molecule has 2 heterocycles. The summed E-state index contributed by atoms with van der Waals surface area (Å²) in [7, 11) is 1.58. The van der Waals surface area contributed by atoms with Crippen LogP contribution in [-0.4, -0.2) is 22.3 Å². The van der Waals surface area contributed by atoms with Crippen LogP contribution in [0.25, 0.3) is 11.0 Å². The summed E-state index contributed by atoms with van der Waals surface area (Å²) in [5, 5.41) is 7.69. The van der Waals surface area contributed by atoms with Crippen molar-refractivity contribution < 1.29 is 4.74 Å². The maximum atomic E-state index is 4.95. The highest BCUT2D eigenvalue weighted by atomic mass is 79.9. The van der Waals surface area contributed by atoms with E-state index in [4.69, 9.17) is 4.74 Å². The number of nitrogens with one attached hydrogen (secondary N) is 1. The molecule has 2 rings (SSSR count). The van der Waals surface area contributed by atoms with Gasteiger partial charge in [0, 0.05) is 6.07 Å². The summed E-state index contributed by atoms with van der Waals surface area (Å²) >= 11 is 3.31. The van der Waals surface area contributed by atoms with E-state index in [1.165, 1.54) is 0 Å². The number of aromatic amines is 1. The minimum Gasteiger partial charge on any atom is -0.481 e. The van der Waals surface area contributed by atoms with Crippen LogP contribution in [0.2, 0.25) is 0 Å². The monoisotopic (exact) mass is 227 g/mol. The van der Waals surface area contributed by atoms with Crippen molar-refractivity contribution in [2.75, 3.05) is 7.11 Å². The van der Waals surface area contributed by atoms with Gasteiger partial charge < -0.3 is 4.74 Å². The van der Waals surface area contributed by atoms with Crippen molar-refractivity contribution in [2.24, 2.45) is 0 Å². The molecule has 62 valence electrons. The van der Waals surface area contributed by atoms with Gasteiger partial charge in [-0.05, 0) is 22.0 Å². The zero-order valence-corrected chi connectivity index (χ0v) is 7.92. The van der Waals surface area contributed by atoms with Gasteiger partial charge in [-0.1, -0.05) is 0 Å². The van der Waals surface area contributed by atoms with Gasteiger partial charge in [0.25, 0.3) is 0 Å². The lowest BCUT2D eigenvalue weighted by molar-refractivity contribution is 0.399. The zero-order chi connectivity index (χ0) is 8.55. The lowest BCUT2D eigenvalue weighted by Crippen LogP contribution is -1.86. The summed E-state index contributed by atoms with van der Waals surface area (Å²) in [5.41, 5.74) is 0.654. The van der Waals surface area contributed by atoms with Gasteiger partial charge in [-0.2, -0.15) is 10.1 Å². The summed E-state index contributed by atoms with van der Waals surface area (Å²) in [6.45, 7) is 0. The number of halogens is 1. The molecule has 0 saturated carbocycles. The molecule has 0 radical (unpaired) electrons. The first kappa shape index (κ1) is 7.54. The van der Waals surface area contributed by atoms with E-state index in [2.05, 4.69) is 31.1 Å². The second-order valence-electron chi connectivity index (χ2n) is 2.26. The Morgan fingerprint density at radius 3 is 3.08 bits per heavy atom. The summed E-state index contributed by atoms with van der Waals surface area (Å²) < 4.78 is 5.79. The fourth-order valence-electron chi connectivity index (χ4n) is 0.964. The van der Waals surface area contributed by atoms with Crippen molar-refractivity contribution in [3.8, 4) is 5.88 Å². The second-order valence-corrected chi connectivity index (χ2v) is 3.06. The average Bonchev–Trinajstić information content (AvgIpc) is 2.47. The lowest BCUT2D eigenvalue weighted by Gasteiger charge is -1.95. The van der Waals surface area contributed by atoms with E-state index in [0.29, 0.717) is 11.5 Å². The molecule has 4 nitrogen and oxygen atoms in total. The zero-order valence-electron chi connectivity index (χ0n) is 6.34. The number of fused-ring (bicyclic) bond motifs is 1. The molecule has 0 bridgehead atoms. The standard InChI is InChI=1S/C7H6BrN3O/c1-12-5-3-2-4-6(8)10-11-7(4)9-5/h2-3H,1H3,(H,9,10,11). The number of rotatable bonds is 1. The highest BCUT2D eigenvalue weighted by Crippen LogP contribution is 2.21. The molecule has 2 aromatic heterocycles. The van der Waals surface area contributed by atoms with E-state index in [1.54, 1.807) is 13.2 Å². The first-order valence-electron chi connectivity index (χ1n) is 3.36. The molecule has 0 spiro atoms. The molecule has 0 aliphatic carbocycles. The molecule has 0 fully saturated rings. The molecular weight excluding hydrogens is 222 g/mol. The second kappa shape index (κ2) is 2.75. The Kier molecular flexibility index (Phi) is 1.73. The van der Waals surface area contributed by atoms with Crippen molar-refractivity contribution >= 4 is 27.0 Å². The molecule has 12 heavy (non-hydrogen) atoms. The molecule has 2 aromatic rings. The topological polar surface area (TPSA) is 50.8 Å². The Labute approximate surface area is 77.1 Å². The quantitative estimate of drug-likeness (QED) is 0.808. The molecular formula is C7H6BrN3O. The van der Waals surface area contributed by atoms with Gasteiger partial charge in [0.15, 0.2) is 5.65 Å². The van der Waals surface area contributed by atoms with Crippen LogP contribution in [0.1, 0.15) is 0 Å². The van der Waals surface area contributed by atoms with Crippen LogP contribution in [-0.2, 0) is 0 Å². The molecule has 0 aromatic carbocycles. The normalized spacial score (nSPS) is 10.5. The Bertz CT molecular complexity index is 412. The Hall–Kier alpha value is -1.10. The van der Waals surface area contributed by atoms with E-state index >= 15 is 0 Å². The van der Waals surface area contributed by atoms with Crippen LogP contribution in [0.3, 0.4) is 0 Å².